The van der Waals surface area contributed by atoms with Crippen molar-refractivity contribution < 1.29 is 13.2 Å². The highest BCUT2D eigenvalue weighted by Gasteiger charge is 2.09. The molecule has 1 rings (SSSR count). The quantitative estimate of drug-likeness (QED) is 0.396. The van der Waals surface area contributed by atoms with Crippen LogP contribution in [0.25, 0.3) is 0 Å². The minimum atomic E-state index is -2.98. The third-order valence-corrected chi connectivity index (χ3v) is 4.38. The average molecular weight is 379 g/mol. The lowest BCUT2D eigenvalue weighted by Crippen LogP contribution is -2.39. The van der Waals surface area contributed by atoms with Crippen LogP contribution in [0.15, 0.2) is 17.3 Å². The van der Waals surface area contributed by atoms with Gasteiger partial charge in [0.05, 0.1) is 37.1 Å². The first-order valence-electron chi connectivity index (χ1n) is 7.78. The minimum absolute atomic E-state index is 0.0327. The predicted molar refractivity (Wildman–Crippen MR) is 98.4 cm³/mol. The Hall–Kier alpha value is -1.25. The Morgan fingerprint density at radius 3 is 2.71 bits per heavy atom. The Balaban J connectivity index is 2.50. The van der Waals surface area contributed by atoms with Crippen LogP contribution in [0, 0.1) is 0 Å². The van der Waals surface area contributed by atoms with Crippen molar-refractivity contribution >= 4 is 27.4 Å². The molecule has 0 aromatic carbocycles. The van der Waals surface area contributed by atoms with Crippen LogP contribution in [-0.2, 0) is 28.2 Å². The molecule has 0 radical (unpaired) electrons. The molecule has 0 aliphatic rings. The molecule has 0 saturated heterocycles. The zero-order chi connectivity index (χ0) is 18.2. The fourth-order valence-electron chi connectivity index (χ4n) is 2.04. The molecule has 138 valence electrons. The van der Waals surface area contributed by atoms with Crippen molar-refractivity contribution in [3.8, 4) is 0 Å². The highest BCUT2D eigenvalue weighted by molar-refractivity contribution is 7.90. The molecule has 1 N–H and O–H groups in total. The summed E-state index contributed by atoms with van der Waals surface area (Å²) in [5.41, 5.74) is 1.08. The Kier molecular flexibility index (Phi) is 8.58. The van der Waals surface area contributed by atoms with Gasteiger partial charge in [-0.3, -0.25) is 4.99 Å². The molecule has 7 nitrogen and oxygen atoms in total. The number of hydrogen-bond donors (Lipinski definition) is 1. The second kappa shape index (κ2) is 9.90. The van der Waals surface area contributed by atoms with Crippen molar-refractivity contribution in [3.63, 3.8) is 0 Å². The molecule has 1 aromatic heterocycles. The lowest BCUT2D eigenvalue weighted by Gasteiger charge is -2.22. The SMILES string of the molecule is CCNC(=NCCOCCS(C)(=O)=O)N(C)Cc1cc(Cl)cn1C. The third-order valence-electron chi connectivity index (χ3n) is 3.27. The molecule has 0 aliphatic carbocycles. The van der Waals surface area contributed by atoms with E-state index in [0.717, 1.165) is 18.2 Å². The largest absolute Gasteiger partial charge is 0.378 e. The van der Waals surface area contributed by atoms with E-state index in [4.69, 9.17) is 16.3 Å². The van der Waals surface area contributed by atoms with Gasteiger partial charge in [0.1, 0.15) is 9.84 Å². The molecule has 0 aliphatic heterocycles. The number of halogens is 1. The first-order chi connectivity index (χ1) is 11.2. The second-order valence-corrected chi connectivity index (χ2v) is 8.29. The first kappa shape index (κ1) is 20.8. The monoisotopic (exact) mass is 378 g/mol. The van der Waals surface area contributed by atoms with E-state index in [1.807, 2.05) is 42.7 Å². The first-order valence-corrected chi connectivity index (χ1v) is 10.2. The molecule has 1 heterocycles. The van der Waals surface area contributed by atoms with Crippen LogP contribution in [0.4, 0.5) is 0 Å². The number of guanidine groups is 1. The molecule has 9 heteroatoms. The summed E-state index contributed by atoms with van der Waals surface area (Å²) >= 11 is 6.01. The van der Waals surface area contributed by atoms with Gasteiger partial charge in [-0.25, -0.2) is 8.42 Å². The van der Waals surface area contributed by atoms with Crippen molar-refractivity contribution in [2.75, 3.05) is 45.4 Å². The van der Waals surface area contributed by atoms with Crippen molar-refractivity contribution in [1.82, 2.24) is 14.8 Å². The van der Waals surface area contributed by atoms with E-state index in [-0.39, 0.29) is 12.4 Å². The highest BCUT2D eigenvalue weighted by Crippen LogP contribution is 2.14. The molecule has 0 saturated carbocycles. The Morgan fingerprint density at radius 2 is 2.17 bits per heavy atom. The summed E-state index contributed by atoms with van der Waals surface area (Å²) in [6.07, 6.45) is 3.06. The maximum absolute atomic E-state index is 11.0. The fraction of sp³-hybridized carbons (Fsp3) is 0.667. The van der Waals surface area contributed by atoms with Crippen LogP contribution >= 0.6 is 11.6 Å². The predicted octanol–water partition coefficient (Wildman–Crippen LogP) is 1.14. The zero-order valence-electron chi connectivity index (χ0n) is 14.7. The zero-order valence-corrected chi connectivity index (χ0v) is 16.3. The molecule has 0 spiro atoms. The van der Waals surface area contributed by atoms with Crippen molar-refractivity contribution in [3.05, 3.63) is 23.0 Å². The number of aliphatic imine (C=N–C) groups is 1. The lowest BCUT2D eigenvalue weighted by molar-refractivity contribution is 0.157. The molecule has 0 unspecified atom stereocenters. The third kappa shape index (κ3) is 8.03. The van der Waals surface area contributed by atoms with E-state index in [2.05, 4.69) is 10.3 Å². The number of hydrogen-bond acceptors (Lipinski definition) is 4. The van der Waals surface area contributed by atoms with Crippen LogP contribution < -0.4 is 5.32 Å². The number of nitrogens with zero attached hydrogens (tertiary/aromatic N) is 3. The van der Waals surface area contributed by atoms with Gasteiger partial charge in [-0.2, -0.15) is 0 Å². The standard InChI is InChI=1S/C15H27ClN4O3S/c1-5-17-15(18-6-7-23-8-9-24(4,21)22)20(3)12-14-10-13(16)11-19(14)2/h10-11H,5-9,12H2,1-4H3,(H,17,18). The Bertz CT molecular complexity index is 643. The van der Waals surface area contributed by atoms with Crippen LogP contribution in [0.5, 0.6) is 0 Å². The van der Waals surface area contributed by atoms with E-state index < -0.39 is 9.84 Å². The van der Waals surface area contributed by atoms with E-state index in [9.17, 15) is 8.42 Å². The van der Waals surface area contributed by atoms with E-state index in [1.165, 1.54) is 6.26 Å². The van der Waals surface area contributed by atoms with Gasteiger partial charge in [-0.15, -0.1) is 0 Å². The van der Waals surface area contributed by atoms with E-state index >= 15 is 0 Å². The van der Waals surface area contributed by atoms with Gasteiger partial charge < -0.3 is 19.5 Å². The lowest BCUT2D eigenvalue weighted by atomic mass is 10.4. The fourth-order valence-corrected chi connectivity index (χ4v) is 2.73. The summed E-state index contributed by atoms with van der Waals surface area (Å²) in [6.45, 7) is 4.47. The average Bonchev–Trinajstić information content (AvgIpc) is 2.78. The number of aromatic nitrogens is 1. The Labute approximate surface area is 149 Å². The molecule has 24 heavy (non-hydrogen) atoms. The number of sulfone groups is 1. The summed E-state index contributed by atoms with van der Waals surface area (Å²) in [5, 5.41) is 3.94. The molecule has 0 atom stereocenters. The molecular weight excluding hydrogens is 352 g/mol. The van der Waals surface area contributed by atoms with Crippen molar-refractivity contribution in [2.24, 2.45) is 12.0 Å². The van der Waals surface area contributed by atoms with E-state index in [0.29, 0.717) is 24.7 Å². The van der Waals surface area contributed by atoms with Gasteiger partial charge in [0, 0.05) is 38.8 Å². The van der Waals surface area contributed by atoms with E-state index in [1.54, 1.807) is 0 Å². The van der Waals surface area contributed by atoms with Gasteiger partial charge in [0.2, 0.25) is 0 Å². The molecular formula is C15H27ClN4O3S. The van der Waals surface area contributed by atoms with Crippen LogP contribution in [0.1, 0.15) is 12.6 Å². The van der Waals surface area contributed by atoms with Crippen LogP contribution in [0.3, 0.4) is 0 Å². The van der Waals surface area contributed by atoms with Crippen molar-refractivity contribution in [1.29, 1.82) is 0 Å². The normalized spacial score (nSPS) is 12.5. The number of rotatable bonds is 9. The molecule has 0 fully saturated rings. The highest BCUT2D eigenvalue weighted by atomic mass is 35.5. The van der Waals surface area contributed by atoms with Gasteiger partial charge in [-0.1, -0.05) is 11.6 Å². The van der Waals surface area contributed by atoms with Crippen molar-refractivity contribution in [2.45, 2.75) is 13.5 Å². The summed E-state index contributed by atoms with van der Waals surface area (Å²) in [7, 11) is 0.924. The number of aryl methyl sites for hydroxylation is 1. The topological polar surface area (TPSA) is 75.9 Å². The molecule has 0 bridgehead atoms. The maximum Gasteiger partial charge on any atom is 0.194 e. The second-order valence-electron chi connectivity index (χ2n) is 5.59. The number of ether oxygens (including phenoxy) is 1. The smallest absolute Gasteiger partial charge is 0.194 e. The number of nitrogens with one attached hydrogen (secondary N) is 1. The van der Waals surface area contributed by atoms with Crippen LogP contribution in [-0.4, -0.2) is 69.2 Å². The molecule has 1 aromatic rings. The summed E-state index contributed by atoms with van der Waals surface area (Å²) < 4.78 is 29.3. The molecule has 0 amide bonds. The summed E-state index contributed by atoms with van der Waals surface area (Å²) in [6, 6.07) is 1.93. The van der Waals surface area contributed by atoms with Gasteiger partial charge >= 0.3 is 0 Å². The summed E-state index contributed by atoms with van der Waals surface area (Å²) in [4.78, 5) is 6.50. The minimum Gasteiger partial charge on any atom is -0.378 e. The van der Waals surface area contributed by atoms with Gasteiger partial charge in [0.25, 0.3) is 0 Å². The maximum atomic E-state index is 11.0. The van der Waals surface area contributed by atoms with Gasteiger partial charge in [-0.05, 0) is 13.0 Å². The summed E-state index contributed by atoms with van der Waals surface area (Å²) in [5.74, 6) is 0.798. The van der Waals surface area contributed by atoms with Crippen LogP contribution in [0.2, 0.25) is 5.02 Å². The Morgan fingerprint density at radius 1 is 1.46 bits per heavy atom. The van der Waals surface area contributed by atoms with Gasteiger partial charge in [0.15, 0.2) is 5.96 Å².